The van der Waals surface area contributed by atoms with Gasteiger partial charge in [-0.25, -0.2) is 9.97 Å². The number of aromatic nitrogens is 2. The highest BCUT2D eigenvalue weighted by atomic mass is 16.5. The molecule has 1 amide bonds. The van der Waals surface area contributed by atoms with Crippen LogP contribution < -0.4 is 10.1 Å². The van der Waals surface area contributed by atoms with Crippen LogP contribution in [0.3, 0.4) is 0 Å². The second-order valence-corrected chi connectivity index (χ2v) is 6.77. The molecule has 26 heavy (non-hydrogen) atoms. The maximum absolute atomic E-state index is 12.5. The van der Waals surface area contributed by atoms with Crippen molar-refractivity contribution >= 4 is 11.7 Å². The maximum Gasteiger partial charge on any atom is 0.274 e. The predicted octanol–water partition coefficient (Wildman–Crippen LogP) is 3.01. The van der Waals surface area contributed by atoms with E-state index in [9.17, 15) is 4.79 Å². The van der Waals surface area contributed by atoms with Crippen LogP contribution in [0, 0.1) is 5.92 Å². The fourth-order valence-corrected chi connectivity index (χ4v) is 3.30. The summed E-state index contributed by atoms with van der Waals surface area (Å²) in [5.41, 5.74) is 1.55. The number of carbonyl (C=O) groups is 1. The highest BCUT2D eigenvalue weighted by Gasteiger charge is 2.23. The van der Waals surface area contributed by atoms with Gasteiger partial charge >= 0.3 is 0 Å². The van der Waals surface area contributed by atoms with Gasteiger partial charge in [-0.05, 0) is 36.8 Å². The lowest BCUT2D eigenvalue weighted by Crippen LogP contribution is -2.39. The zero-order valence-electron chi connectivity index (χ0n) is 15.4. The molecule has 2 heterocycles. The zero-order valence-corrected chi connectivity index (χ0v) is 15.4. The van der Waals surface area contributed by atoms with Crippen molar-refractivity contribution in [3.05, 3.63) is 47.9 Å². The van der Waals surface area contributed by atoms with E-state index in [-0.39, 0.29) is 5.91 Å². The van der Waals surface area contributed by atoms with E-state index in [2.05, 4.69) is 22.2 Å². The van der Waals surface area contributed by atoms with E-state index < -0.39 is 0 Å². The molecule has 138 valence electrons. The number of amides is 1. The van der Waals surface area contributed by atoms with Gasteiger partial charge < -0.3 is 15.0 Å². The molecule has 1 fully saturated rings. The van der Waals surface area contributed by atoms with E-state index in [0.717, 1.165) is 37.2 Å². The van der Waals surface area contributed by atoms with Gasteiger partial charge in [-0.3, -0.25) is 4.79 Å². The van der Waals surface area contributed by atoms with Gasteiger partial charge in [0.1, 0.15) is 17.3 Å². The van der Waals surface area contributed by atoms with Crippen LogP contribution in [-0.4, -0.2) is 47.5 Å². The Morgan fingerprint density at radius 3 is 2.88 bits per heavy atom. The average molecular weight is 354 g/mol. The molecule has 0 spiro atoms. The molecule has 1 aliphatic heterocycles. The number of carbonyl (C=O) groups excluding carboxylic acids is 1. The molecular formula is C20H26N4O2. The number of likely N-dealkylation sites (tertiary alicyclic amines) is 1. The quantitative estimate of drug-likeness (QED) is 0.864. The number of nitrogens with one attached hydrogen (secondary N) is 1. The molecule has 3 rings (SSSR count). The third-order valence-electron chi connectivity index (χ3n) is 4.71. The molecule has 1 saturated heterocycles. The summed E-state index contributed by atoms with van der Waals surface area (Å²) in [5.74, 6) is 2.08. The Balaban J connectivity index is 1.53. The van der Waals surface area contributed by atoms with Crippen molar-refractivity contribution in [3.63, 3.8) is 0 Å². The number of rotatable bonds is 6. The van der Waals surface area contributed by atoms with Crippen LogP contribution >= 0.6 is 0 Å². The lowest BCUT2D eigenvalue weighted by molar-refractivity contribution is 0.0676. The monoisotopic (exact) mass is 354 g/mol. The second-order valence-electron chi connectivity index (χ2n) is 6.77. The predicted molar refractivity (Wildman–Crippen MR) is 102 cm³/mol. The van der Waals surface area contributed by atoms with E-state index >= 15 is 0 Å². The van der Waals surface area contributed by atoms with Gasteiger partial charge in [0, 0.05) is 19.6 Å². The first-order chi connectivity index (χ1) is 12.7. The molecule has 1 aliphatic rings. The van der Waals surface area contributed by atoms with Crippen molar-refractivity contribution in [2.45, 2.75) is 26.2 Å². The Bertz CT molecular complexity index is 733. The van der Waals surface area contributed by atoms with Crippen molar-refractivity contribution in [3.8, 4) is 5.75 Å². The topological polar surface area (TPSA) is 67.3 Å². The zero-order chi connectivity index (χ0) is 18.4. The third kappa shape index (κ3) is 4.50. The van der Waals surface area contributed by atoms with E-state index in [4.69, 9.17) is 4.74 Å². The number of ether oxygens (including phenoxy) is 1. The molecular weight excluding hydrogens is 328 g/mol. The van der Waals surface area contributed by atoms with E-state index in [1.165, 1.54) is 6.42 Å². The standard InChI is InChI=1S/C20H26N4O2/c1-15-6-5-11-24(14-15)20(25)17-12-23-19(13-22-17)21-10-9-16-7-3-4-8-18(16)26-2/h3-4,7-8,12-13,15H,5-6,9-11,14H2,1-2H3,(H,21,23). The summed E-state index contributed by atoms with van der Waals surface area (Å²) >= 11 is 0. The summed E-state index contributed by atoms with van der Waals surface area (Å²) in [5, 5.41) is 3.24. The van der Waals surface area contributed by atoms with Crippen molar-refractivity contribution < 1.29 is 9.53 Å². The van der Waals surface area contributed by atoms with Gasteiger partial charge in [0.2, 0.25) is 0 Å². The number of para-hydroxylation sites is 1. The minimum Gasteiger partial charge on any atom is -0.496 e. The molecule has 2 aromatic rings. The molecule has 1 atom stereocenters. The van der Waals surface area contributed by atoms with Crippen LogP contribution in [0.1, 0.15) is 35.8 Å². The Morgan fingerprint density at radius 1 is 1.31 bits per heavy atom. The summed E-state index contributed by atoms with van der Waals surface area (Å²) in [7, 11) is 1.68. The molecule has 1 aromatic heterocycles. The summed E-state index contributed by atoms with van der Waals surface area (Å²) in [6.45, 7) is 4.51. The van der Waals surface area contributed by atoms with Crippen LogP contribution in [0.25, 0.3) is 0 Å². The van der Waals surface area contributed by atoms with Crippen molar-refractivity contribution in [1.82, 2.24) is 14.9 Å². The first-order valence-electron chi connectivity index (χ1n) is 9.14. The van der Waals surface area contributed by atoms with E-state index in [1.807, 2.05) is 29.2 Å². The summed E-state index contributed by atoms with van der Waals surface area (Å²) in [6, 6.07) is 7.96. The number of hydrogen-bond donors (Lipinski definition) is 1. The fourth-order valence-electron chi connectivity index (χ4n) is 3.30. The minimum atomic E-state index is -0.0235. The van der Waals surface area contributed by atoms with E-state index in [0.29, 0.717) is 24.0 Å². The highest BCUT2D eigenvalue weighted by Crippen LogP contribution is 2.18. The van der Waals surface area contributed by atoms with Crippen LogP contribution in [0.4, 0.5) is 5.82 Å². The smallest absolute Gasteiger partial charge is 0.274 e. The first-order valence-corrected chi connectivity index (χ1v) is 9.14. The molecule has 1 N–H and O–H groups in total. The molecule has 1 aromatic carbocycles. The molecule has 0 radical (unpaired) electrons. The Morgan fingerprint density at radius 2 is 2.15 bits per heavy atom. The van der Waals surface area contributed by atoms with Crippen LogP contribution in [0.15, 0.2) is 36.7 Å². The average Bonchev–Trinajstić information content (AvgIpc) is 2.68. The van der Waals surface area contributed by atoms with Gasteiger partial charge in [0.05, 0.1) is 19.5 Å². The Hall–Kier alpha value is -2.63. The first kappa shape index (κ1) is 18.2. The van der Waals surface area contributed by atoms with Gasteiger partial charge in [0.15, 0.2) is 0 Å². The van der Waals surface area contributed by atoms with Crippen LogP contribution in [0.5, 0.6) is 5.75 Å². The highest BCUT2D eigenvalue weighted by molar-refractivity contribution is 5.92. The normalized spacial score (nSPS) is 17.0. The van der Waals surface area contributed by atoms with Crippen molar-refractivity contribution in [2.24, 2.45) is 5.92 Å². The second kappa shape index (κ2) is 8.65. The lowest BCUT2D eigenvalue weighted by atomic mass is 10.0. The number of methoxy groups -OCH3 is 1. The number of piperidine rings is 1. The van der Waals surface area contributed by atoms with Crippen molar-refractivity contribution in [1.29, 1.82) is 0 Å². The minimum absolute atomic E-state index is 0.0235. The summed E-state index contributed by atoms with van der Waals surface area (Å²) in [4.78, 5) is 23.0. The lowest BCUT2D eigenvalue weighted by Gasteiger charge is -2.30. The van der Waals surface area contributed by atoms with Gasteiger partial charge in [-0.2, -0.15) is 0 Å². The fraction of sp³-hybridized carbons (Fsp3) is 0.450. The maximum atomic E-state index is 12.5. The number of anilines is 1. The van der Waals surface area contributed by atoms with Crippen LogP contribution in [0.2, 0.25) is 0 Å². The number of hydrogen-bond acceptors (Lipinski definition) is 5. The number of nitrogens with zero attached hydrogens (tertiary/aromatic N) is 3. The largest absolute Gasteiger partial charge is 0.496 e. The Labute approximate surface area is 154 Å². The molecule has 0 saturated carbocycles. The Kier molecular flexibility index (Phi) is 6.04. The summed E-state index contributed by atoms with van der Waals surface area (Å²) in [6.07, 6.45) is 6.25. The van der Waals surface area contributed by atoms with E-state index in [1.54, 1.807) is 19.5 Å². The van der Waals surface area contributed by atoms with Crippen LogP contribution in [-0.2, 0) is 6.42 Å². The SMILES string of the molecule is COc1ccccc1CCNc1cnc(C(=O)N2CCCC(C)C2)cn1. The van der Waals surface area contributed by atoms with Gasteiger partial charge in [0.25, 0.3) is 5.91 Å². The molecule has 0 aliphatic carbocycles. The van der Waals surface area contributed by atoms with Gasteiger partial charge in [-0.1, -0.05) is 25.1 Å². The molecule has 6 heteroatoms. The molecule has 1 unspecified atom stereocenters. The third-order valence-corrected chi connectivity index (χ3v) is 4.71. The van der Waals surface area contributed by atoms with Crippen molar-refractivity contribution in [2.75, 3.05) is 32.1 Å². The molecule has 6 nitrogen and oxygen atoms in total. The number of benzene rings is 1. The summed E-state index contributed by atoms with van der Waals surface area (Å²) < 4.78 is 5.36. The van der Waals surface area contributed by atoms with Gasteiger partial charge in [-0.15, -0.1) is 0 Å². The molecule has 0 bridgehead atoms.